The van der Waals surface area contributed by atoms with Crippen LogP contribution in [0.25, 0.3) is 0 Å². The Hall–Kier alpha value is -1.84. The molecule has 0 saturated heterocycles. The van der Waals surface area contributed by atoms with Crippen molar-refractivity contribution in [1.29, 1.82) is 0 Å². The number of sulfonamides is 1. The number of rotatable bonds is 5. The van der Waals surface area contributed by atoms with Crippen LogP contribution in [0.1, 0.15) is 0 Å². The van der Waals surface area contributed by atoms with Gasteiger partial charge in [-0.25, -0.2) is 4.98 Å². The predicted octanol–water partition coefficient (Wildman–Crippen LogP) is 1.94. The molecule has 0 aliphatic rings. The molecule has 7 nitrogen and oxygen atoms in total. The lowest BCUT2D eigenvalue weighted by molar-refractivity contribution is 0.415. The van der Waals surface area contributed by atoms with Crippen LogP contribution in [0.3, 0.4) is 0 Å². The van der Waals surface area contributed by atoms with Gasteiger partial charge in [-0.1, -0.05) is 0 Å². The second-order valence-corrected chi connectivity index (χ2v) is 6.40. The molecule has 0 aliphatic heterocycles. The summed E-state index contributed by atoms with van der Waals surface area (Å²) in [6.45, 7) is 0. The fourth-order valence-corrected chi connectivity index (χ4v) is 3.27. The van der Waals surface area contributed by atoms with Gasteiger partial charge in [-0.05, 0) is 40.2 Å². The van der Waals surface area contributed by atoms with Crippen LogP contribution in [0.15, 0.2) is 46.0 Å². The molecule has 112 valence electrons. The van der Waals surface area contributed by atoms with Gasteiger partial charge in [0, 0.05) is 16.7 Å². The summed E-state index contributed by atoms with van der Waals surface area (Å²) >= 11 is 3.28. The predicted molar refractivity (Wildman–Crippen MR) is 83.5 cm³/mol. The van der Waals surface area contributed by atoms with Crippen molar-refractivity contribution in [3.05, 3.63) is 41.0 Å². The molecule has 0 aliphatic carbocycles. The molecule has 0 amide bonds. The third kappa shape index (κ3) is 3.43. The van der Waals surface area contributed by atoms with E-state index in [4.69, 9.17) is 10.6 Å². The van der Waals surface area contributed by atoms with Crippen molar-refractivity contribution in [3.8, 4) is 5.75 Å². The van der Waals surface area contributed by atoms with Crippen LogP contribution in [0, 0.1) is 0 Å². The second-order valence-electron chi connectivity index (χ2n) is 3.95. The number of halogens is 1. The van der Waals surface area contributed by atoms with Crippen molar-refractivity contribution < 1.29 is 13.2 Å². The number of hydrogen-bond acceptors (Lipinski definition) is 6. The Morgan fingerprint density at radius 3 is 2.71 bits per heavy atom. The maximum Gasteiger partial charge on any atom is 0.281 e. The highest BCUT2D eigenvalue weighted by atomic mass is 79.9. The zero-order valence-electron chi connectivity index (χ0n) is 11.0. The molecular formula is C12H13BrN4O3S. The number of hydrogen-bond donors (Lipinski definition) is 3. The molecule has 0 unspecified atom stereocenters. The molecular weight excluding hydrogens is 360 g/mol. The standard InChI is InChI=1S/C12H13BrN4O3S/c1-20-8-4-5-9(13)11(7-8)17-21(18,19)12-10(16-14)3-2-6-15-12/h2-7,16-17H,14H2,1H3. The molecule has 0 spiro atoms. The van der Waals surface area contributed by atoms with Gasteiger partial charge in [0.15, 0.2) is 0 Å². The molecule has 0 atom stereocenters. The minimum absolute atomic E-state index is 0.192. The van der Waals surface area contributed by atoms with Gasteiger partial charge in [-0.15, -0.1) is 0 Å². The Labute approximate surface area is 130 Å². The first-order chi connectivity index (χ1) is 9.97. The van der Waals surface area contributed by atoms with E-state index in [2.05, 4.69) is 31.1 Å². The number of benzene rings is 1. The molecule has 2 rings (SSSR count). The van der Waals surface area contributed by atoms with Gasteiger partial charge in [-0.3, -0.25) is 10.6 Å². The summed E-state index contributed by atoms with van der Waals surface area (Å²) in [5, 5.41) is -0.192. The lowest BCUT2D eigenvalue weighted by Gasteiger charge is -2.12. The lowest BCUT2D eigenvalue weighted by atomic mass is 10.3. The summed E-state index contributed by atoms with van der Waals surface area (Å²) in [7, 11) is -2.40. The lowest BCUT2D eigenvalue weighted by Crippen LogP contribution is -2.19. The number of nitrogen functional groups attached to an aromatic ring is 1. The minimum Gasteiger partial charge on any atom is -0.497 e. The Morgan fingerprint density at radius 2 is 2.05 bits per heavy atom. The van der Waals surface area contributed by atoms with E-state index < -0.39 is 10.0 Å². The quantitative estimate of drug-likeness (QED) is 0.546. The monoisotopic (exact) mass is 372 g/mol. The van der Waals surface area contributed by atoms with Crippen LogP contribution in [0.2, 0.25) is 0 Å². The molecule has 21 heavy (non-hydrogen) atoms. The van der Waals surface area contributed by atoms with E-state index in [1.54, 1.807) is 24.3 Å². The molecule has 1 aromatic heterocycles. The number of methoxy groups -OCH3 is 1. The molecule has 9 heteroatoms. The van der Waals surface area contributed by atoms with E-state index in [0.717, 1.165) is 0 Å². The third-order valence-electron chi connectivity index (χ3n) is 2.60. The van der Waals surface area contributed by atoms with Crippen LogP contribution in [-0.2, 0) is 10.0 Å². The molecule has 1 heterocycles. The third-order valence-corrected chi connectivity index (χ3v) is 4.61. The normalized spacial score (nSPS) is 11.0. The molecule has 4 N–H and O–H groups in total. The number of anilines is 2. The Balaban J connectivity index is 2.42. The topological polar surface area (TPSA) is 106 Å². The number of pyridine rings is 1. The molecule has 2 aromatic rings. The number of aromatic nitrogens is 1. The van der Waals surface area contributed by atoms with Crippen molar-refractivity contribution in [3.63, 3.8) is 0 Å². The van der Waals surface area contributed by atoms with Crippen molar-refractivity contribution in [2.24, 2.45) is 5.84 Å². The zero-order valence-corrected chi connectivity index (χ0v) is 13.4. The highest BCUT2D eigenvalue weighted by Gasteiger charge is 2.21. The van der Waals surface area contributed by atoms with Gasteiger partial charge in [0.05, 0.1) is 18.5 Å². The fraction of sp³-hybridized carbons (Fsp3) is 0.0833. The van der Waals surface area contributed by atoms with E-state index >= 15 is 0 Å². The van der Waals surface area contributed by atoms with Crippen LogP contribution < -0.4 is 20.7 Å². The Kier molecular flexibility index (Phi) is 4.66. The van der Waals surface area contributed by atoms with Crippen LogP contribution in [0.4, 0.5) is 11.4 Å². The van der Waals surface area contributed by atoms with Crippen LogP contribution >= 0.6 is 15.9 Å². The molecule has 0 bridgehead atoms. The van der Waals surface area contributed by atoms with Gasteiger partial charge in [0.1, 0.15) is 5.75 Å². The molecule has 0 saturated carbocycles. The van der Waals surface area contributed by atoms with E-state index in [0.29, 0.717) is 15.9 Å². The second kappa shape index (κ2) is 6.29. The summed E-state index contributed by atoms with van der Waals surface area (Å²) in [4.78, 5) is 3.85. The first-order valence-electron chi connectivity index (χ1n) is 5.76. The van der Waals surface area contributed by atoms with Crippen molar-refractivity contribution >= 4 is 37.3 Å². The SMILES string of the molecule is COc1ccc(Br)c(NS(=O)(=O)c2ncccc2NN)c1. The summed E-state index contributed by atoms with van der Waals surface area (Å²) in [5.74, 6) is 5.83. The van der Waals surface area contributed by atoms with E-state index in [9.17, 15) is 8.42 Å². The van der Waals surface area contributed by atoms with E-state index in [1.165, 1.54) is 19.4 Å². The highest BCUT2D eigenvalue weighted by molar-refractivity contribution is 9.10. The number of nitrogens with one attached hydrogen (secondary N) is 2. The number of hydrazine groups is 1. The first kappa shape index (κ1) is 15.5. The summed E-state index contributed by atoms with van der Waals surface area (Å²) in [5.41, 5.74) is 2.84. The van der Waals surface area contributed by atoms with Gasteiger partial charge in [0.2, 0.25) is 5.03 Å². The average molecular weight is 373 g/mol. The first-order valence-corrected chi connectivity index (χ1v) is 8.03. The highest BCUT2D eigenvalue weighted by Crippen LogP contribution is 2.29. The maximum atomic E-state index is 12.4. The summed E-state index contributed by atoms with van der Waals surface area (Å²) in [6, 6.07) is 8.03. The summed E-state index contributed by atoms with van der Waals surface area (Å²) < 4.78 is 32.9. The van der Waals surface area contributed by atoms with Crippen LogP contribution in [-0.4, -0.2) is 20.5 Å². The molecule has 0 radical (unpaired) electrons. The minimum atomic E-state index is -3.89. The average Bonchev–Trinajstić information content (AvgIpc) is 2.49. The molecule has 1 aromatic carbocycles. The van der Waals surface area contributed by atoms with Gasteiger partial charge >= 0.3 is 0 Å². The number of nitrogens with two attached hydrogens (primary N) is 1. The Bertz CT molecular complexity index is 752. The maximum absolute atomic E-state index is 12.4. The van der Waals surface area contributed by atoms with E-state index in [-0.39, 0.29) is 10.7 Å². The van der Waals surface area contributed by atoms with Gasteiger partial charge < -0.3 is 10.2 Å². The van der Waals surface area contributed by atoms with E-state index in [1.807, 2.05) is 0 Å². The van der Waals surface area contributed by atoms with Crippen molar-refractivity contribution in [2.45, 2.75) is 5.03 Å². The van der Waals surface area contributed by atoms with Crippen LogP contribution in [0.5, 0.6) is 5.75 Å². The largest absolute Gasteiger partial charge is 0.497 e. The summed E-state index contributed by atoms with van der Waals surface area (Å²) in [6.07, 6.45) is 1.37. The number of ether oxygens (including phenoxy) is 1. The number of nitrogens with zero attached hydrogens (tertiary/aromatic N) is 1. The molecule has 0 fully saturated rings. The van der Waals surface area contributed by atoms with Crippen molar-refractivity contribution in [1.82, 2.24) is 4.98 Å². The van der Waals surface area contributed by atoms with Gasteiger partial charge in [-0.2, -0.15) is 8.42 Å². The zero-order chi connectivity index (χ0) is 15.5. The fourth-order valence-electron chi connectivity index (χ4n) is 1.62. The Morgan fingerprint density at radius 1 is 1.29 bits per heavy atom. The smallest absolute Gasteiger partial charge is 0.281 e. The van der Waals surface area contributed by atoms with Gasteiger partial charge in [0.25, 0.3) is 10.0 Å². The van der Waals surface area contributed by atoms with Crippen molar-refractivity contribution in [2.75, 3.05) is 17.3 Å².